The highest BCUT2D eigenvalue weighted by molar-refractivity contribution is 5.44. The van der Waals surface area contributed by atoms with Crippen LogP contribution in [0.2, 0.25) is 0 Å². The highest BCUT2D eigenvalue weighted by Gasteiger charge is 2.40. The van der Waals surface area contributed by atoms with Crippen molar-refractivity contribution in [2.75, 3.05) is 18.0 Å². The molecule has 2 fully saturated rings. The minimum absolute atomic E-state index is 0.0704. The van der Waals surface area contributed by atoms with E-state index in [1.54, 1.807) is 4.90 Å². The monoisotopic (exact) mass is 320 g/mol. The van der Waals surface area contributed by atoms with Crippen molar-refractivity contribution >= 4 is 5.82 Å². The van der Waals surface area contributed by atoms with Gasteiger partial charge >= 0.3 is 6.18 Å². The first-order valence-corrected chi connectivity index (χ1v) is 7.47. The molecule has 0 radical (unpaired) electrons. The average molecular weight is 320 g/mol. The smallest absolute Gasteiger partial charge is 0.356 e. The van der Waals surface area contributed by atoms with Crippen LogP contribution in [-0.2, 0) is 6.18 Å². The van der Waals surface area contributed by atoms with Gasteiger partial charge in [-0.25, -0.2) is 13.8 Å². The number of hydrogen-bond donors (Lipinski definition) is 0. The minimum atomic E-state index is -4.42. The SMILES string of the molecule is FC1(F)CCCN(c2ccc(C(F)(F)F)c(C3CC3)n2)CC1. The van der Waals surface area contributed by atoms with Crippen LogP contribution in [0.1, 0.15) is 49.3 Å². The summed E-state index contributed by atoms with van der Waals surface area (Å²) in [6, 6.07) is 2.34. The van der Waals surface area contributed by atoms with Crippen LogP contribution in [0.4, 0.5) is 27.8 Å². The average Bonchev–Trinajstić information content (AvgIpc) is 3.24. The molecule has 0 unspecified atom stereocenters. The summed E-state index contributed by atoms with van der Waals surface area (Å²) in [5.74, 6) is -2.46. The van der Waals surface area contributed by atoms with Gasteiger partial charge in [-0.3, -0.25) is 0 Å². The van der Waals surface area contributed by atoms with Gasteiger partial charge in [-0.2, -0.15) is 13.2 Å². The molecule has 1 aliphatic carbocycles. The molecular formula is C15H17F5N2. The normalized spacial score (nSPS) is 22.5. The Labute approximate surface area is 125 Å². The van der Waals surface area contributed by atoms with Crippen molar-refractivity contribution in [3.05, 3.63) is 23.4 Å². The van der Waals surface area contributed by atoms with E-state index >= 15 is 0 Å². The zero-order chi connectivity index (χ0) is 16.0. The number of aromatic nitrogens is 1. The summed E-state index contributed by atoms with van der Waals surface area (Å²) in [7, 11) is 0. The second kappa shape index (κ2) is 5.35. The minimum Gasteiger partial charge on any atom is -0.356 e. The summed E-state index contributed by atoms with van der Waals surface area (Å²) >= 11 is 0. The Morgan fingerprint density at radius 3 is 2.45 bits per heavy atom. The lowest BCUT2D eigenvalue weighted by atomic mass is 10.1. The molecule has 0 bridgehead atoms. The highest BCUT2D eigenvalue weighted by atomic mass is 19.4. The van der Waals surface area contributed by atoms with Gasteiger partial charge in [-0.05, 0) is 31.4 Å². The number of anilines is 1. The maximum absolute atomic E-state index is 13.4. The second-order valence-corrected chi connectivity index (χ2v) is 6.07. The maximum Gasteiger partial charge on any atom is 0.418 e. The van der Waals surface area contributed by atoms with E-state index in [1.807, 2.05) is 0 Å². The molecule has 1 saturated heterocycles. The fraction of sp³-hybridized carbons (Fsp3) is 0.667. The molecule has 2 aliphatic rings. The van der Waals surface area contributed by atoms with Crippen LogP contribution < -0.4 is 4.90 Å². The molecular weight excluding hydrogens is 303 g/mol. The largest absolute Gasteiger partial charge is 0.418 e. The summed E-state index contributed by atoms with van der Waals surface area (Å²) in [6.45, 7) is 0.521. The van der Waals surface area contributed by atoms with Crippen molar-refractivity contribution in [2.24, 2.45) is 0 Å². The van der Waals surface area contributed by atoms with E-state index in [2.05, 4.69) is 4.98 Å². The Hall–Kier alpha value is -1.40. The van der Waals surface area contributed by atoms with Gasteiger partial charge < -0.3 is 4.90 Å². The summed E-state index contributed by atoms with van der Waals surface area (Å²) < 4.78 is 65.9. The lowest BCUT2D eigenvalue weighted by molar-refractivity contribution is -0.138. The quantitative estimate of drug-likeness (QED) is 0.740. The van der Waals surface area contributed by atoms with Gasteiger partial charge in [-0.15, -0.1) is 0 Å². The van der Waals surface area contributed by atoms with Crippen molar-refractivity contribution < 1.29 is 22.0 Å². The standard InChI is InChI=1S/C15H17F5N2/c16-14(17)6-1-8-22(9-7-14)12-5-4-11(15(18,19)20)13(21-12)10-2-3-10/h4-5,10H,1-3,6-9H2. The Bertz CT molecular complexity index is 551. The van der Waals surface area contributed by atoms with Crippen molar-refractivity contribution in [1.29, 1.82) is 0 Å². The summed E-state index contributed by atoms with van der Waals surface area (Å²) in [4.78, 5) is 5.85. The van der Waals surface area contributed by atoms with Crippen LogP contribution in [0.5, 0.6) is 0 Å². The van der Waals surface area contributed by atoms with Crippen molar-refractivity contribution in [2.45, 2.75) is 50.1 Å². The molecule has 2 nitrogen and oxygen atoms in total. The summed E-state index contributed by atoms with van der Waals surface area (Å²) in [5.41, 5.74) is -0.625. The lowest BCUT2D eigenvalue weighted by Crippen LogP contribution is -2.27. The topological polar surface area (TPSA) is 16.1 Å². The van der Waals surface area contributed by atoms with Crippen molar-refractivity contribution in [3.63, 3.8) is 0 Å². The van der Waals surface area contributed by atoms with Gasteiger partial charge in [0.15, 0.2) is 0 Å². The van der Waals surface area contributed by atoms with Gasteiger partial charge in [-0.1, -0.05) is 0 Å². The molecule has 1 aliphatic heterocycles. The molecule has 0 amide bonds. The Morgan fingerprint density at radius 2 is 1.82 bits per heavy atom. The van der Waals surface area contributed by atoms with Gasteiger partial charge in [0.25, 0.3) is 0 Å². The Morgan fingerprint density at radius 1 is 1.09 bits per heavy atom. The number of rotatable bonds is 2. The summed E-state index contributed by atoms with van der Waals surface area (Å²) in [5, 5.41) is 0. The Kier molecular flexibility index (Phi) is 3.77. The number of halogens is 5. The van der Waals surface area contributed by atoms with Crippen LogP contribution in [-0.4, -0.2) is 24.0 Å². The van der Waals surface area contributed by atoms with E-state index in [4.69, 9.17) is 0 Å². The first kappa shape index (κ1) is 15.5. The molecule has 3 rings (SSSR count). The van der Waals surface area contributed by atoms with Gasteiger partial charge in [0.1, 0.15) is 5.82 Å². The van der Waals surface area contributed by atoms with Crippen molar-refractivity contribution in [3.8, 4) is 0 Å². The van der Waals surface area contributed by atoms with Crippen LogP contribution in [0.15, 0.2) is 12.1 Å². The van der Waals surface area contributed by atoms with E-state index in [9.17, 15) is 22.0 Å². The molecule has 122 valence electrons. The van der Waals surface area contributed by atoms with E-state index in [-0.39, 0.29) is 31.0 Å². The first-order chi connectivity index (χ1) is 10.3. The van der Waals surface area contributed by atoms with Crippen LogP contribution in [0.3, 0.4) is 0 Å². The van der Waals surface area contributed by atoms with E-state index < -0.39 is 17.7 Å². The summed E-state index contributed by atoms with van der Waals surface area (Å²) in [6.07, 6.45) is -3.16. The van der Waals surface area contributed by atoms with Gasteiger partial charge in [0.05, 0.1) is 11.3 Å². The van der Waals surface area contributed by atoms with Crippen LogP contribution in [0, 0.1) is 0 Å². The third-order valence-electron chi connectivity index (χ3n) is 4.22. The third-order valence-corrected chi connectivity index (χ3v) is 4.22. The molecule has 1 aromatic heterocycles. The fourth-order valence-electron chi connectivity index (χ4n) is 2.84. The number of alkyl halides is 5. The van der Waals surface area contributed by atoms with E-state index in [1.165, 1.54) is 6.07 Å². The highest BCUT2D eigenvalue weighted by Crippen LogP contribution is 2.45. The second-order valence-electron chi connectivity index (χ2n) is 6.07. The zero-order valence-electron chi connectivity index (χ0n) is 12.0. The predicted molar refractivity (Wildman–Crippen MR) is 72.2 cm³/mol. The molecule has 0 aromatic carbocycles. The molecule has 0 N–H and O–H groups in total. The molecule has 2 heterocycles. The molecule has 1 saturated carbocycles. The van der Waals surface area contributed by atoms with Gasteiger partial charge in [0, 0.05) is 31.8 Å². The van der Waals surface area contributed by atoms with Crippen LogP contribution >= 0.6 is 0 Å². The lowest BCUT2D eigenvalue weighted by Gasteiger charge is -2.23. The van der Waals surface area contributed by atoms with Crippen LogP contribution in [0.25, 0.3) is 0 Å². The van der Waals surface area contributed by atoms with E-state index in [0.29, 0.717) is 31.6 Å². The molecule has 7 heteroatoms. The molecule has 1 aromatic rings. The fourth-order valence-corrected chi connectivity index (χ4v) is 2.84. The Balaban J connectivity index is 1.87. The number of nitrogens with zero attached hydrogens (tertiary/aromatic N) is 2. The van der Waals surface area contributed by atoms with Gasteiger partial charge in [0.2, 0.25) is 5.92 Å². The number of pyridine rings is 1. The third kappa shape index (κ3) is 3.33. The van der Waals surface area contributed by atoms with E-state index in [0.717, 1.165) is 6.07 Å². The molecule has 22 heavy (non-hydrogen) atoms. The number of hydrogen-bond acceptors (Lipinski definition) is 2. The maximum atomic E-state index is 13.4. The zero-order valence-corrected chi connectivity index (χ0v) is 12.0. The van der Waals surface area contributed by atoms with Crippen molar-refractivity contribution in [1.82, 2.24) is 4.98 Å². The molecule has 0 spiro atoms. The predicted octanol–water partition coefficient (Wildman–Crippen LogP) is 4.60. The molecule has 0 atom stereocenters. The first-order valence-electron chi connectivity index (χ1n) is 7.47.